The third-order valence-corrected chi connectivity index (χ3v) is 5.88. The summed E-state index contributed by atoms with van der Waals surface area (Å²) in [5, 5.41) is 13.8. The van der Waals surface area contributed by atoms with Gasteiger partial charge in [0, 0.05) is 12.8 Å². The van der Waals surface area contributed by atoms with E-state index in [0.29, 0.717) is 36.9 Å². The van der Waals surface area contributed by atoms with Crippen LogP contribution in [0.25, 0.3) is 0 Å². The number of aromatic nitrogens is 5. The van der Waals surface area contributed by atoms with E-state index >= 15 is 0 Å². The standard InChI is InChI=1S/C24H21N5O2S/c1-3-8-18(9-4-1)14-21-25-23(31-28-21)17-32-24-27-26-22(15-19-10-5-2-6-11-19)29(24)16-20-12-7-13-30-20/h1-13H,14-17H2. The highest BCUT2D eigenvalue weighted by atomic mass is 32.2. The highest BCUT2D eigenvalue weighted by Gasteiger charge is 2.16. The van der Waals surface area contributed by atoms with E-state index in [1.165, 1.54) is 17.3 Å². The molecular weight excluding hydrogens is 422 g/mol. The van der Waals surface area contributed by atoms with E-state index < -0.39 is 0 Å². The van der Waals surface area contributed by atoms with Gasteiger partial charge >= 0.3 is 0 Å². The first-order valence-electron chi connectivity index (χ1n) is 10.3. The molecule has 8 heteroatoms. The van der Waals surface area contributed by atoms with Gasteiger partial charge in [-0.25, -0.2) is 0 Å². The lowest BCUT2D eigenvalue weighted by molar-refractivity contribution is 0.385. The van der Waals surface area contributed by atoms with Gasteiger partial charge in [-0.3, -0.25) is 4.57 Å². The summed E-state index contributed by atoms with van der Waals surface area (Å²) >= 11 is 1.52. The Morgan fingerprint density at radius 3 is 2.28 bits per heavy atom. The van der Waals surface area contributed by atoms with Crippen LogP contribution in [0.5, 0.6) is 0 Å². The van der Waals surface area contributed by atoms with Crippen LogP contribution < -0.4 is 0 Å². The number of nitrogens with zero attached hydrogens (tertiary/aromatic N) is 5. The molecule has 0 aliphatic carbocycles. The normalized spacial score (nSPS) is 11.1. The van der Waals surface area contributed by atoms with Crippen molar-refractivity contribution in [2.24, 2.45) is 0 Å². The summed E-state index contributed by atoms with van der Waals surface area (Å²) in [4.78, 5) is 4.53. The number of benzene rings is 2. The van der Waals surface area contributed by atoms with Crippen molar-refractivity contribution >= 4 is 11.8 Å². The van der Waals surface area contributed by atoms with Gasteiger partial charge in [0.05, 0.1) is 18.6 Å². The molecule has 0 fully saturated rings. The predicted molar refractivity (Wildman–Crippen MR) is 120 cm³/mol. The van der Waals surface area contributed by atoms with Gasteiger partial charge < -0.3 is 8.94 Å². The molecule has 3 aromatic heterocycles. The highest BCUT2D eigenvalue weighted by molar-refractivity contribution is 7.98. The van der Waals surface area contributed by atoms with Gasteiger partial charge in [-0.05, 0) is 23.3 Å². The largest absolute Gasteiger partial charge is 0.467 e. The molecule has 0 unspecified atom stereocenters. The Bertz CT molecular complexity index is 1250. The maximum atomic E-state index is 5.56. The summed E-state index contributed by atoms with van der Waals surface area (Å²) in [7, 11) is 0. The average Bonchev–Trinajstić information content (AvgIpc) is 3.58. The summed E-state index contributed by atoms with van der Waals surface area (Å²) < 4.78 is 13.1. The van der Waals surface area contributed by atoms with E-state index in [1.54, 1.807) is 6.26 Å². The zero-order valence-corrected chi connectivity index (χ0v) is 18.1. The quantitative estimate of drug-likeness (QED) is 0.303. The van der Waals surface area contributed by atoms with Crippen molar-refractivity contribution in [1.29, 1.82) is 0 Å². The number of rotatable bonds is 9. The Morgan fingerprint density at radius 2 is 1.56 bits per heavy atom. The van der Waals surface area contributed by atoms with E-state index in [4.69, 9.17) is 8.94 Å². The minimum absolute atomic E-state index is 0.517. The van der Waals surface area contributed by atoms with E-state index in [2.05, 4.69) is 49.2 Å². The first-order chi connectivity index (χ1) is 15.8. The highest BCUT2D eigenvalue weighted by Crippen LogP contribution is 2.24. The Labute approximate surface area is 189 Å². The molecule has 0 aliphatic heterocycles. The molecule has 0 radical (unpaired) electrons. The van der Waals surface area contributed by atoms with Crippen LogP contribution in [-0.4, -0.2) is 24.9 Å². The fourth-order valence-corrected chi connectivity index (χ4v) is 4.17. The number of thioether (sulfide) groups is 1. The monoisotopic (exact) mass is 443 g/mol. The van der Waals surface area contributed by atoms with Crippen LogP contribution in [0.4, 0.5) is 0 Å². The van der Waals surface area contributed by atoms with E-state index in [1.807, 2.05) is 48.5 Å². The first-order valence-corrected chi connectivity index (χ1v) is 11.3. The van der Waals surface area contributed by atoms with Crippen LogP contribution in [0.2, 0.25) is 0 Å². The second-order valence-corrected chi connectivity index (χ2v) is 8.22. The van der Waals surface area contributed by atoms with Crippen molar-refractivity contribution in [3.63, 3.8) is 0 Å². The molecule has 0 saturated carbocycles. The number of furan rings is 1. The topological polar surface area (TPSA) is 82.8 Å². The summed E-state index contributed by atoms with van der Waals surface area (Å²) in [6.07, 6.45) is 3.01. The van der Waals surface area contributed by atoms with Gasteiger partial charge in [0.15, 0.2) is 11.0 Å². The molecule has 0 amide bonds. The maximum Gasteiger partial charge on any atom is 0.237 e. The summed E-state index contributed by atoms with van der Waals surface area (Å²) in [6, 6.07) is 24.2. The lowest BCUT2D eigenvalue weighted by Crippen LogP contribution is -2.07. The molecule has 3 heterocycles. The fourth-order valence-electron chi connectivity index (χ4n) is 3.38. The molecule has 7 nitrogen and oxygen atoms in total. The summed E-state index contributed by atoms with van der Waals surface area (Å²) in [6.45, 7) is 0.563. The van der Waals surface area contributed by atoms with Gasteiger partial charge in [-0.15, -0.1) is 10.2 Å². The van der Waals surface area contributed by atoms with E-state index in [-0.39, 0.29) is 0 Å². The molecule has 2 aromatic carbocycles. The zero-order chi connectivity index (χ0) is 21.6. The molecule has 5 rings (SSSR count). The van der Waals surface area contributed by atoms with Crippen LogP contribution in [0.3, 0.4) is 0 Å². The van der Waals surface area contributed by atoms with Crippen LogP contribution in [0.15, 0.2) is 93.2 Å². The Morgan fingerprint density at radius 1 is 0.812 bits per heavy atom. The van der Waals surface area contributed by atoms with Gasteiger partial charge in [0.1, 0.15) is 11.6 Å². The smallest absolute Gasteiger partial charge is 0.237 e. The third kappa shape index (κ3) is 4.97. The Balaban J connectivity index is 1.31. The van der Waals surface area contributed by atoms with Crippen LogP contribution in [-0.2, 0) is 25.1 Å². The predicted octanol–water partition coefficient (Wildman–Crippen LogP) is 4.78. The molecule has 160 valence electrons. The van der Waals surface area contributed by atoms with E-state index in [9.17, 15) is 0 Å². The summed E-state index contributed by atoms with van der Waals surface area (Å²) in [5.41, 5.74) is 2.33. The molecule has 0 saturated heterocycles. The third-order valence-electron chi connectivity index (χ3n) is 4.93. The van der Waals surface area contributed by atoms with Crippen molar-refractivity contribution in [3.8, 4) is 0 Å². The molecule has 32 heavy (non-hydrogen) atoms. The molecule has 0 bridgehead atoms. The number of hydrogen-bond acceptors (Lipinski definition) is 7. The SMILES string of the molecule is c1ccc(Cc2noc(CSc3nnc(Cc4ccccc4)n3Cc3ccco3)n2)cc1. The summed E-state index contributed by atoms with van der Waals surface area (Å²) in [5.74, 6) is 3.49. The maximum absolute atomic E-state index is 5.56. The van der Waals surface area contributed by atoms with Crippen molar-refractivity contribution in [2.75, 3.05) is 0 Å². The van der Waals surface area contributed by atoms with E-state index in [0.717, 1.165) is 22.3 Å². The van der Waals surface area contributed by atoms with Crippen LogP contribution in [0, 0.1) is 0 Å². The molecule has 5 aromatic rings. The van der Waals surface area contributed by atoms with Crippen molar-refractivity contribution in [3.05, 3.63) is 113 Å². The molecule has 0 aliphatic rings. The van der Waals surface area contributed by atoms with Crippen LogP contribution in [0.1, 0.15) is 34.4 Å². The second kappa shape index (κ2) is 9.65. The number of hydrogen-bond donors (Lipinski definition) is 0. The minimum Gasteiger partial charge on any atom is -0.467 e. The minimum atomic E-state index is 0.517. The van der Waals surface area contributed by atoms with Gasteiger partial charge in [-0.2, -0.15) is 4.98 Å². The lowest BCUT2D eigenvalue weighted by atomic mass is 10.1. The average molecular weight is 444 g/mol. The Hall–Kier alpha value is -3.65. The second-order valence-electron chi connectivity index (χ2n) is 7.28. The zero-order valence-electron chi connectivity index (χ0n) is 17.3. The molecular formula is C24H21N5O2S. The molecule has 0 N–H and O–H groups in total. The van der Waals surface area contributed by atoms with Crippen molar-refractivity contribution in [2.45, 2.75) is 30.3 Å². The first kappa shape index (κ1) is 20.3. The van der Waals surface area contributed by atoms with Crippen molar-refractivity contribution in [1.82, 2.24) is 24.9 Å². The fraction of sp³-hybridized carbons (Fsp3) is 0.167. The van der Waals surface area contributed by atoms with Crippen LogP contribution >= 0.6 is 11.8 Å². The van der Waals surface area contributed by atoms with Gasteiger partial charge in [-0.1, -0.05) is 77.6 Å². The van der Waals surface area contributed by atoms with Crippen molar-refractivity contribution < 1.29 is 8.94 Å². The molecule has 0 spiro atoms. The van der Waals surface area contributed by atoms with Gasteiger partial charge in [0.2, 0.25) is 5.89 Å². The molecule has 0 atom stereocenters. The lowest BCUT2D eigenvalue weighted by Gasteiger charge is -2.08. The Kier molecular flexibility index (Phi) is 6.11. The van der Waals surface area contributed by atoms with Gasteiger partial charge in [0.25, 0.3) is 0 Å².